The average molecular weight is 430 g/mol. The summed E-state index contributed by atoms with van der Waals surface area (Å²) in [5.74, 6) is -0.961. The molecule has 32 heavy (non-hydrogen) atoms. The van der Waals surface area contributed by atoms with Gasteiger partial charge < -0.3 is 10.1 Å². The Morgan fingerprint density at radius 3 is 2.31 bits per heavy atom. The molecule has 5 nitrogen and oxygen atoms in total. The Balaban J connectivity index is 1.82. The lowest BCUT2D eigenvalue weighted by Crippen LogP contribution is -2.32. The second kappa shape index (κ2) is 9.06. The van der Waals surface area contributed by atoms with Crippen LogP contribution in [-0.2, 0) is 9.59 Å². The van der Waals surface area contributed by atoms with Gasteiger partial charge in [-0.2, -0.15) is 0 Å². The van der Waals surface area contributed by atoms with Crippen molar-refractivity contribution < 1.29 is 18.7 Å². The quantitative estimate of drug-likeness (QED) is 0.516. The minimum absolute atomic E-state index is 0.140. The van der Waals surface area contributed by atoms with E-state index >= 15 is 0 Å². The third kappa shape index (κ3) is 3.99. The van der Waals surface area contributed by atoms with Gasteiger partial charge in [-0.3, -0.25) is 9.59 Å². The zero-order valence-electron chi connectivity index (χ0n) is 17.9. The van der Waals surface area contributed by atoms with E-state index in [2.05, 4.69) is 5.32 Å². The highest BCUT2D eigenvalue weighted by molar-refractivity contribution is 6.46. The molecule has 162 valence electrons. The number of carbonyl (C=O) groups is 2. The number of nitrogens with zero attached hydrogens (tertiary/aromatic N) is 1. The Kier molecular flexibility index (Phi) is 6.03. The Morgan fingerprint density at radius 1 is 0.906 bits per heavy atom. The fourth-order valence-corrected chi connectivity index (χ4v) is 3.57. The summed E-state index contributed by atoms with van der Waals surface area (Å²) in [6.07, 6.45) is 0.787. The number of nitrogens with one attached hydrogen (secondary N) is 1. The molecular formula is C26H23FN2O3. The first-order valence-electron chi connectivity index (χ1n) is 10.4. The van der Waals surface area contributed by atoms with E-state index in [0.29, 0.717) is 29.3 Å². The number of anilines is 2. The summed E-state index contributed by atoms with van der Waals surface area (Å²) in [6.45, 7) is 4.35. The van der Waals surface area contributed by atoms with Crippen molar-refractivity contribution in [1.82, 2.24) is 0 Å². The minimum atomic E-state index is -0.495. The second-order valence-electron chi connectivity index (χ2n) is 7.46. The van der Waals surface area contributed by atoms with Crippen LogP contribution in [-0.4, -0.2) is 18.4 Å². The fourth-order valence-electron chi connectivity index (χ4n) is 3.57. The summed E-state index contributed by atoms with van der Waals surface area (Å²) in [5, 5.41) is 3.15. The molecule has 1 aliphatic heterocycles. The van der Waals surface area contributed by atoms with E-state index in [1.165, 1.54) is 24.3 Å². The lowest BCUT2D eigenvalue weighted by atomic mass is 10.0. The summed E-state index contributed by atoms with van der Waals surface area (Å²) in [5.41, 5.74) is 2.78. The lowest BCUT2D eigenvalue weighted by Gasteiger charge is -2.19. The van der Waals surface area contributed by atoms with Gasteiger partial charge in [0.05, 0.1) is 17.9 Å². The molecule has 1 aliphatic rings. The van der Waals surface area contributed by atoms with E-state index in [4.69, 9.17) is 4.74 Å². The smallest absolute Gasteiger partial charge is 0.282 e. The molecular weight excluding hydrogens is 407 g/mol. The molecule has 0 spiro atoms. The van der Waals surface area contributed by atoms with Crippen LogP contribution in [0.2, 0.25) is 0 Å². The van der Waals surface area contributed by atoms with Crippen molar-refractivity contribution in [2.75, 3.05) is 16.8 Å². The van der Waals surface area contributed by atoms with Gasteiger partial charge >= 0.3 is 0 Å². The number of aryl methyl sites for hydroxylation is 1. The molecule has 6 heteroatoms. The maximum atomic E-state index is 13.6. The van der Waals surface area contributed by atoms with Crippen LogP contribution >= 0.6 is 0 Å². The number of imide groups is 1. The molecule has 4 rings (SSSR count). The van der Waals surface area contributed by atoms with Gasteiger partial charge in [-0.05, 0) is 54.8 Å². The average Bonchev–Trinajstić information content (AvgIpc) is 3.04. The summed E-state index contributed by atoms with van der Waals surface area (Å²) in [7, 11) is 0. The van der Waals surface area contributed by atoms with E-state index < -0.39 is 17.6 Å². The van der Waals surface area contributed by atoms with Crippen molar-refractivity contribution >= 4 is 28.8 Å². The molecule has 0 bridgehead atoms. The molecule has 0 saturated carbocycles. The van der Waals surface area contributed by atoms with E-state index in [1.807, 2.05) is 38.1 Å². The zero-order chi connectivity index (χ0) is 22.7. The third-order valence-corrected chi connectivity index (χ3v) is 5.19. The molecule has 2 amide bonds. The fraction of sp³-hybridized carbons (Fsp3) is 0.154. The minimum Gasteiger partial charge on any atom is -0.491 e. The number of ether oxygens (including phenoxy) is 1. The Morgan fingerprint density at radius 2 is 1.59 bits per heavy atom. The number of halogens is 1. The number of benzene rings is 3. The van der Waals surface area contributed by atoms with Gasteiger partial charge in [0.2, 0.25) is 0 Å². The number of hydrogen-bond donors (Lipinski definition) is 1. The van der Waals surface area contributed by atoms with Gasteiger partial charge in [0, 0.05) is 5.69 Å². The molecule has 3 aromatic carbocycles. The summed E-state index contributed by atoms with van der Waals surface area (Å²) < 4.78 is 19.3. The second-order valence-corrected chi connectivity index (χ2v) is 7.46. The van der Waals surface area contributed by atoms with Gasteiger partial charge in [-0.15, -0.1) is 0 Å². The lowest BCUT2D eigenvalue weighted by molar-refractivity contribution is -0.120. The first-order valence-corrected chi connectivity index (χ1v) is 10.4. The van der Waals surface area contributed by atoms with E-state index in [9.17, 15) is 14.0 Å². The molecule has 0 atom stereocenters. The van der Waals surface area contributed by atoms with Crippen LogP contribution in [0.5, 0.6) is 5.75 Å². The molecule has 1 heterocycles. The standard InChI is InChI=1S/C26H23FN2O3/c1-3-16-32-22-11-7-6-10-21(22)29-25(30)23(18-12-14-19(27)15-13-18)24(26(29)31)28-20-9-5-4-8-17(20)2/h4-15,28H,3,16H2,1-2H3. The summed E-state index contributed by atoms with van der Waals surface area (Å²) in [6, 6.07) is 20.0. The first kappa shape index (κ1) is 21.3. The Bertz CT molecular complexity index is 1200. The van der Waals surface area contributed by atoms with Gasteiger partial charge in [0.1, 0.15) is 17.3 Å². The van der Waals surface area contributed by atoms with Crippen molar-refractivity contribution in [3.8, 4) is 5.75 Å². The predicted molar refractivity (Wildman–Crippen MR) is 123 cm³/mol. The maximum absolute atomic E-state index is 13.6. The third-order valence-electron chi connectivity index (χ3n) is 5.19. The summed E-state index contributed by atoms with van der Waals surface area (Å²) in [4.78, 5) is 28.3. The highest BCUT2D eigenvalue weighted by Crippen LogP contribution is 2.38. The molecule has 0 radical (unpaired) electrons. The van der Waals surface area contributed by atoms with Crippen LogP contribution in [0.15, 0.2) is 78.5 Å². The highest BCUT2D eigenvalue weighted by atomic mass is 19.1. The van der Waals surface area contributed by atoms with Gasteiger partial charge in [-0.25, -0.2) is 9.29 Å². The zero-order valence-corrected chi connectivity index (χ0v) is 17.9. The number of hydrogen-bond acceptors (Lipinski definition) is 4. The predicted octanol–water partition coefficient (Wildman–Crippen LogP) is 5.32. The van der Waals surface area contributed by atoms with Gasteiger partial charge in [-0.1, -0.05) is 49.4 Å². The molecule has 3 aromatic rings. The van der Waals surface area contributed by atoms with Crippen molar-refractivity contribution in [2.45, 2.75) is 20.3 Å². The maximum Gasteiger partial charge on any atom is 0.282 e. The molecule has 0 aromatic heterocycles. The molecule has 0 unspecified atom stereocenters. The van der Waals surface area contributed by atoms with Crippen LogP contribution in [0, 0.1) is 12.7 Å². The Labute approximate surface area is 186 Å². The van der Waals surface area contributed by atoms with Crippen LogP contribution in [0.25, 0.3) is 5.57 Å². The van der Waals surface area contributed by atoms with Crippen molar-refractivity contribution in [3.05, 3.63) is 95.4 Å². The van der Waals surface area contributed by atoms with Gasteiger partial charge in [0.15, 0.2) is 0 Å². The molecule has 0 fully saturated rings. The molecule has 1 N–H and O–H groups in total. The largest absolute Gasteiger partial charge is 0.491 e. The number of para-hydroxylation sites is 3. The van der Waals surface area contributed by atoms with E-state index in [-0.39, 0.29) is 11.3 Å². The van der Waals surface area contributed by atoms with Crippen LogP contribution in [0.3, 0.4) is 0 Å². The van der Waals surface area contributed by atoms with Crippen LogP contribution < -0.4 is 15.0 Å². The van der Waals surface area contributed by atoms with Crippen molar-refractivity contribution in [2.24, 2.45) is 0 Å². The monoisotopic (exact) mass is 430 g/mol. The van der Waals surface area contributed by atoms with E-state index in [1.54, 1.807) is 24.3 Å². The summed E-state index contributed by atoms with van der Waals surface area (Å²) >= 11 is 0. The van der Waals surface area contributed by atoms with Crippen LogP contribution in [0.4, 0.5) is 15.8 Å². The van der Waals surface area contributed by atoms with Gasteiger partial charge in [0.25, 0.3) is 11.8 Å². The number of carbonyl (C=O) groups excluding carboxylic acids is 2. The topological polar surface area (TPSA) is 58.6 Å². The number of rotatable bonds is 7. The molecule has 0 aliphatic carbocycles. The first-order chi connectivity index (χ1) is 15.5. The SMILES string of the molecule is CCCOc1ccccc1N1C(=O)C(Nc2ccccc2C)=C(c2ccc(F)cc2)C1=O. The van der Waals surface area contributed by atoms with Crippen molar-refractivity contribution in [1.29, 1.82) is 0 Å². The number of amides is 2. The highest BCUT2D eigenvalue weighted by Gasteiger charge is 2.41. The van der Waals surface area contributed by atoms with Crippen LogP contribution in [0.1, 0.15) is 24.5 Å². The normalized spacial score (nSPS) is 13.7. The van der Waals surface area contributed by atoms with Crippen molar-refractivity contribution in [3.63, 3.8) is 0 Å². The van der Waals surface area contributed by atoms with E-state index in [0.717, 1.165) is 16.9 Å². The molecule has 0 saturated heterocycles. The Hall–Kier alpha value is -3.93.